The minimum absolute atomic E-state index is 0.233. The first-order valence-corrected chi connectivity index (χ1v) is 7.68. The standard InChI is InChI=1S/C17H21N3O3/c1-2-23-12-6-11-18-17(22)15-9-10-16(21)20(19-15)13-14-7-4-3-5-8-14/h3-5,7-10H,2,6,11-13H2,1H3,(H,18,22). The van der Waals surface area contributed by atoms with Crippen LogP contribution in [0.2, 0.25) is 0 Å². The monoisotopic (exact) mass is 315 g/mol. The van der Waals surface area contributed by atoms with Gasteiger partial charge in [0.1, 0.15) is 5.69 Å². The number of carbonyl (C=O) groups is 1. The van der Waals surface area contributed by atoms with E-state index in [0.29, 0.717) is 26.3 Å². The number of benzene rings is 1. The lowest BCUT2D eigenvalue weighted by molar-refractivity contribution is 0.0937. The van der Waals surface area contributed by atoms with E-state index >= 15 is 0 Å². The van der Waals surface area contributed by atoms with Gasteiger partial charge in [-0.05, 0) is 25.0 Å². The molecule has 1 aromatic carbocycles. The lowest BCUT2D eigenvalue weighted by Crippen LogP contribution is -2.30. The Morgan fingerprint density at radius 3 is 2.74 bits per heavy atom. The fourth-order valence-corrected chi connectivity index (χ4v) is 2.05. The van der Waals surface area contributed by atoms with Crippen LogP contribution in [0.4, 0.5) is 0 Å². The summed E-state index contributed by atoms with van der Waals surface area (Å²) in [7, 11) is 0. The molecule has 2 rings (SSSR count). The summed E-state index contributed by atoms with van der Waals surface area (Å²) < 4.78 is 6.51. The Morgan fingerprint density at radius 1 is 1.22 bits per heavy atom. The van der Waals surface area contributed by atoms with Crippen molar-refractivity contribution in [3.05, 3.63) is 64.1 Å². The third kappa shape index (κ3) is 5.34. The smallest absolute Gasteiger partial charge is 0.271 e. The van der Waals surface area contributed by atoms with Gasteiger partial charge >= 0.3 is 0 Å². The molecule has 1 aromatic heterocycles. The summed E-state index contributed by atoms with van der Waals surface area (Å²) in [6, 6.07) is 12.3. The van der Waals surface area contributed by atoms with Gasteiger partial charge in [0.05, 0.1) is 6.54 Å². The molecule has 2 aromatic rings. The van der Waals surface area contributed by atoms with Gasteiger partial charge < -0.3 is 10.1 Å². The molecular weight excluding hydrogens is 294 g/mol. The van der Waals surface area contributed by atoms with Crippen LogP contribution in [0.25, 0.3) is 0 Å². The summed E-state index contributed by atoms with van der Waals surface area (Å²) in [5.74, 6) is -0.289. The maximum absolute atomic E-state index is 12.1. The van der Waals surface area contributed by atoms with Gasteiger partial charge in [-0.2, -0.15) is 5.10 Å². The van der Waals surface area contributed by atoms with Crippen LogP contribution in [0.5, 0.6) is 0 Å². The topological polar surface area (TPSA) is 73.2 Å². The van der Waals surface area contributed by atoms with Gasteiger partial charge in [-0.15, -0.1) is 0 Å². The number of amides is 1. The summed E-state index contributed by atoms with van der Waals surface area (Å²) in [5.41, 5.74) is 0.954. The van der Waals surface area contributed by atoms with Crippen LogP contribution in [0.1, 0.15) is 29.4 Å². The molecule has 0 aliphatic carbocycles. The summed E-state index contributed by atoms with van der Waals surface area (Å²) in [6.45, 7) is 4.06. The average Bonchev–Trinajstić information content (AvgIpc) is 2.57. The first-order valence-electron chi connectivity index (χ1n) is 7.68. The predicted molar refractivity (Wildman–Crippen MR) is 87.5 cm³/mol. The van der Waals surface area contributed by atoms with E-state index in [9.17, 15) is 9.59 Å². The molecule has 0 spiro atoms. The highest BCUT2D eigenvalue weighted by molar-refractivity contribution is 5.91. The van der Waals surface area contributed by atoms with Crippen LogP contribution >= 0.6 is 0 Å². The Kier molecular flexibility index (Phi) is 6.50. The Balaban J connectivity index is 1.99. The molecule has 6 nitrogen and oxygen atoms in total. The zero-order chi connectivity index (χ0) is 16.5. The van der Waals surface area contributed by atoms with Crippen molar-refractivity contribution < 1.29 is 9.53 Å². The van der Waals surface area contributed by atoms with Crippen molar-refractivity contribution in [1.29, 1.82) is 0 Å². The molecule has 1 heterocycles. The van der Waals surface area contributed by atoms with Crippen molar-refractivity contribution >= 4 is 5.91 Å². The third-order valence-electron chi connectivity index (χ3n) is 3.23. The summed E-state index contributed by atoms with van der Waals surface area (Å²) in [5, 5.41) is 6.92. The second-order valence-electron chi connectivity index (χ2n) is 5.01. The molecule has 0 unspecified atom stereocenters. The number of aromatic nitrogens is 2. The second-order valence-corrected chi connectivity index (χ2v) is 5.01. The Hall–Kier alpha value is -2.47. The highest BCUT2D eigenvalue weighted by Crippen LogP contribution is 2.00. The van der Waals surface area contributed by atoms with Gasteiger partial charge in [0.15, 0.2) is 0 Å². The largest absolute Gasteiger partial charge is 0.382 e. The summed E-state index contributed by atoms with van der Waals surface area (Å²) >= 11 is 0. The summed E-state index contributed by atoms with van der Waals surface area (Å²) in [6.07, 6.45) is 0.739. The van der Waals surface area contributed by atoms with Crippen molar-refractivity contribution in [2.24, 2.45) is 0 Å². The minimum atomic E-state index is -0.289. The first kappa shape index (κ1) is 16.9. The molecule has 0 fully saturated rings. The van der Waals surface area contributed by atoms with Gasteiger partial charge in [0.25, 0.3) is 11.5 Å². The molecule has 0 radical (unpaired) electrons. The van der Waals surface area contributed by atoms with Gasteiger partial charge in [-0.1, -0.05) is 30.3 Å². The van der Waals surface area contributed by atoms with E-state index in [1.54, 1.807) is 0 Å². The van der Waals surface area contributed by atoms with Crippen molar-refractivity contribution in [3.8, 4) is 0 Å². The molecular formula is C17H21N3O3. The van der Waals surface area contributed by atoms with Crippen LogP contribution in [-0.2, 0) is 11.3 Å². The van der Waals surface area contributed by atoms with E-state index in [4.69, 9.17) is 4.74 Å². The van der Waals surface area contributed by atoms with E-state index in [2.05, 4.69) is 10.4 Å². The van der Waals surface area contributed by atoms with Crippen LogP contribution in [-0.4, -0.2) is 35.4 Å². The average molecular weight is 315 g/mol. The molecule has 0 aliphatic heterocycles. The Bertz CT molecular complexity index is 683. The lowest BCUT2D eigenvalue weighted by atomic mass is 10.2. The predicted octanol–water partition coefficient (Wildman–Crippen LogP) is 1.45. The van der Waals surface area contributed by atoms with Gasteiger partial charge in [-0.25, -0.2) is 4.68 Å². The Morgan fingerprint density at radius 2 is 2.00 bits per heavy atom. The highest BCUT2D eigenvalue weighted by Gasteiger charge is 2.09. The molecule has 0 aliphatic rings. The first-order chi connectivity index (χ1) is 11.2. The van der Waals surface area contributed by atoms with E-state index in [1.807, 2.05) is 37.3 Å². The molecule has 0 saturated carbocycles. The normalized spacial score (nSPS) is 10.5. The number of hydrogen-bond acceptors (Lipinski definition) is 4. The maximum Gasteiger partial charge on any atom is 0.271 e. The molecule has 0 saturated heterocycles. The number of hydrogen-bond donors (Lipinski definition) is 1. The summed E-state index contributed by atoms with van der Waals surface area (Å²) in [4.78, 5) is 23.9. The van der Waals surface area contributed by atoms with Crippen LogP contribution in [0.3, 0.4) is 0 Å². The number of nitrogens with one attached hydrogen (secondary N) is 1. The second kappa shape index (κ2) is 8.85. The van der Waals surface area contributed by atoms with Gasteiger partial charge in [0.2, 0.25) is 0 Å². The lowest BCUT2D eigenvalue weighted by Gasteiger charge is -2.08. The molecule has 23 heavy (non-hydrogen) atoms. The van der Waals surface area contributed by atoms with Crippen LogP contribution < -0.4 is 10.9 Å². The third-order valence-corrected chi connectivity index (χ3v) is 3.23. The molecule has 1 N–H and O–H groups in total. The number of rotatable bonds is 8. The maximum atomic E-state index is 12.1. The van der Waals surface area contributed by atoms with Crippen LogP contribution in [0.15, 0.2) is 47.3 Å². The fraction of sp³-hybridized carbons (Fsp3) is 0.353. The van der Waals surface area contributed by atoms with Gasteiger partial charge in [-0.3, -0.25) is 9.59 Å². The molecule has 122 valence electrons. The van der Waals surface area contributed by atoms with Crippen molar-refractivity contribution in [2.45, 2.75) is 19.9 Å². The van der Waals surface area contributed by atoms with Crippen LogP contribution in [0, 0.1) is 0 Å². The van der Waals surface area contributed by atoms with E-state index in [1.165, 1.54) is 16.8 Å². The number of carbonyl (C=O) groups excluding carboxylic acids is 1. The molecule has 1 amide bonds. The molecule has 0 atom stereocenters. The van der Waals surface area contributed by atoms with Crippen molar-refractivity contribution in [3.63, 3.8) is 0 Å². The van der Waals surface area contributed by atoms with E-state index < -0.39 is 0 Å². The minimum Gasteiger partial charge on any atom is -0.382 e. The SMILES string of the molecule is CCOCCCNC(=O)c1ccc(=O)n(Cc2ccccc2)n1. The van der Waals surface area contributed by atoms with Crippen molar-refractivity contribution in [1.82, 2.24) is 15.1 Å². The quantitative estimate of drug-likeness (QED) is 0.748. The molecule has 0 bridgehead atoms. The fourth-order valence-electron chi connectivity index (χ4n) is 2.05. The van der Waals surface area contributed by atoms with E-state index in [-0.39, 0.29) is 17.2 Å². The van der Waals surface area contributed by atoms with Gasteiger partial charge in [0, 0.05) is 25.8 Å². The Labute approximate surface area is 135 Å². The van der Waals surface area contributed by atoms with Crippen molar-refractivity contribution in [2.75, 3.05) is 19.8 Å². The zero-order valence-electron chi connectivity index (χ0n) is 13.2. The number of ether oxygens (including phenoxy) is 1. The highest BCUT2D eigenvalue weighted by atomic mass is 16.5. The van der Waals surface area contributed by atoms with E-state index in [0.717, 1.165) is 12.0 Å². The molecule has 6 heteroatoms. The zero-order valence-corrected chi connectivity index (χ0v) is 13.2. The number of nitrogens with zero attached hydrogens (tertiary/aromatic N) is 2.